The monoisotopic (exact) mass is 362 g/mol. The highest BCUT2D eigenvalue weighted by atomic mass is 35.5. The van der Waals surface area contributed by atoms with Gasteiger partial charge in [0.2, 0.25) is 5.91 Å². The lowest BCUT2D eigenvalue weighted by atomic mass is 10.1. The molecule has 2 atom stereocenters. The molecular formula is C16H24ClFN2O4. The number of ether oxygens (including phenoxy) is 1. The number of nitrogens with one attached hydrogen (secondary N) is 2. The number of hydrogen-bond acceptors (Lipinski definition) is 5. The van der Waals surface area contributed by atoms with Gasteiger partial charge in [-0.15, -0.1) is 12.4 Å². The smallest absolute Gasteiger partial charge is 0.341 e. The summed E-state index contributed by atoms with van der Waals surface area (Å²) in [5.41, 5.74) is -0.161. The van der Waals surface area contributed by atoms with E-state index in [1.807, 2.05) is 0 Å². The van der Waals surface area contributed by atoms with Crippen LogP contribution in [0.2, 0.25) is 0 Å². The molecule has 1 aromatic carbocycles. The predicted octanol–water partition coefficient (Wildman–Crippen LogP) is 2.32. The number of carbonyl (C=O) groups excluding carboxylic acids is 2. The average molecular weight is 363 g/mol. The lowest BCUT2D eigenvalue weighted by Gasteiger charge is -2.19. The third kappa shape index (κ3) is 6.72. The number of benzene rings is 1. The third-order valence-corrected chi connectivity index (χ3v) is 2.93. The summed E-state index contributed by atoms with van der Waals surface area (Å²) in [6, 6.07) is 4.25. The summed E-state index contributed by atoms with van der Waals surface area (Å²) in [6.45, 7) is 6.42. The van der Waals surface area contributed by atoms with E-state index in [9.17, 15) is 14.0 Å². The van der Waals surface area contributed by atoms with Gasteiger partial charge in [0.1, 0.15) is 6.61 Å². The molecule has 1 aromatic rings. The van der Waals surface area contributed by atoms with Gasteiger partial charge in [-0.3, -0.25) is 4.79 Å². The average Bonchev–Trinajstić information content (AvgIpc) is 2.46. The van der Waals surface area contributed by atoms with Crippen LogP contribution in [-0.2, 0) is 9.53 Å². The summed E-state index contributed by atoms with van der Waals surface area (Å²) in [5, 5.41) is 14.6. The Labute approximate surface area is 147 Å². The van der Waals surface area contributed by atoms with Crippen LogP contribution < -0.4 is 10.6 Å². The van der Waals surface area contributed by atoms with E-state index in [2.05, 4.69) is 10.6 Å². The molecule has 0 spiro atoms. The number of aliphatic hydroxyl groups is 1. The van der Waals surface area contributed by atoms with E-state index >= 15 is 0 Å². The van der Waals surface area contributed by atoms with Crippen molar-refractivity contribution in [3.63, 3.8) is 0 Å². The molecule has 0 aliphatic heterocycles. The summed E-state index contributed by atoms with van der Waals surface area (Å²) in [7, 11) is 0. The summed E-state index contributed by atoms with van der Waals surface area (Å²) in [6.07, 6.45) is -1.34. The number of aliphatic hydroxyl groups excluding tert-OH is 1. The Bertz CT molecular complexity index is 567. The SMILES string of the molecule is CC(O)COC(=O)c1cccc(NC(C)NC(=O)C(C)C)c1F.Cl. The highest BCUT2D eigenvalue weighted by Gasteiger charge is 2.18. The van der Waals surface area contributed by atoms with Gasteiger partial charge in [-0.05, 0) is 26.0 Å². The van der Waals surface area contributed by atoms with Gasteiger partial charge in [-0.2, -0.15) is 0 Å². The van der Waals surface area contributed by atoms with Crippen LogP contribution in [0, 0.1) is 11.7 Å². The number of anilines is 1. The van der Waals surface area contributed by atoms with Crippen LogP contribution in [0.25, 0.3) is 0 Å². The van der Waals surface area contributed by atoms with Crippen molar-refractivity contribution in [3.8, 4) is 0 Å². The maximum atomic E-state index is 14.4. The zero-order valence-corrected chi connectivity index (χ0v) is 14.9. The summed E-state index contributed by atoms with van der Waals surface area (Å²) >= 11 is 0. The maximum Gasteiger partial charge on any atom is 0.341 e. The van der Waals surface area contributed by atoms with E-state index in [0.29, 0.717) is 0 Å². The van der Waals surface area contributed by atoms with Gasteiger partial charge < -0.3 is 20.5 Å². The highest BCUT2D eigenvalue weighted by Crippen LogP contribution is 2.19. The Morgan fingerprint density at radius 1 is 1.25 bits per heavy atom. The molecule has 1 rings (SSSR count). The zero-order chi connectivity index (χ0) is 17.6. The minimum Gasteiger partial charge on any atom is -0.459 e. The van der Waals surface area contributed by atoms with Crippen LogP contribution >= 0.6 is 12.4 Å². The fourth-order valence-corrected chi connectivity index (χ4v) is 1.72. The second-order valence-electron chi connectivity index (χ2n) is 5.64. The van der Waals surface area contributed by atoms with Crippen molar-refractivity contribution in [2.24, 2.45) is 5.92 Å². The van der Waals surface area contributed by atoms with Crippen LogP contribution in [0.1, 0.15) is 38.1 Å². The van der Waals surface area contributed by atoms with Crippen molar-refractivity contribution >= 4 is 30.0 Å². The van der Waals surface area contributed by atoms with E-state index in [4.69, 9.17) is 9.84 Å². The molecule has 0 fully saturated rings. The molecule has 0 saturated carbocycles. The molecule has 0 aliphatic rings. The first-order valence-corrected chi connectivity index (χ1v) is 7.43. The minimum absolute atomic E-state index is 0. The maximum absolute atomic E-state index is 14.4. The van der Waals surface area contributed by atoms with E-state index < -0.39 is 24.1 Å². The lowest BCUT2D eigenvalue weighted by molar-refractivity contribution is -0.124. The first kappa shape index (κ1) is 22.1. The Hall–Kier alpha value is -1.86. The van der Waals surface area contributed by atoms with Gasteiger partial charge in [-0.25, -0.2) is 9.18 Å². The topological polar surface area (TPSA) is 87.7 Å². The molecule has 0 radical (unpaired) electrons. The summed E-state index contributed by atoms with van der Waals surface area (Å²) < 4.78 is 19.2. The van der Waals surface area contributed by atoms with Crippen molar-refractivity contribution in [3.05, 3.63) is 29.6 Å². The number of esters is 1. The molecule has 0 saturated heterocycles. The predicted molar refractivity (Wildman–Crippen MR) is 91.7 cm³/mol. The molecule has 0 heterocycles. The van der Waals surface area contributed by atoms with Crippen molar-refractivity contribution < 1.29 is 23.8 Å². The lowest BCUT2D eigenvalue weighted by Crippen LogP contribution is -2.40. The molecule has 6 nitrogen and oxygen atoms in total. The van der Waals surface area contributed by atoms with Gasteiger partial charge in [0.15, 0.2) is 5.82 Å². The number of carbonyl (C=O) groups is 2. The number of rotatable bonds is 7. The molecule has 0 aliphatic carbocycles. The van der Waals surface area contributed by atoms with Crippen molar-refractivity contribution in [1.29, 1.82) is 0 Å². The quantitative estimate of drug-likeness (QED) is 0.512. The normalized spacial score (nSPS) is 12.8. The van der Waals surface area contributed by atoms with Crippen LogP contribution in [0.15, 0.2) is 18.2 Å². The first-order valence-electron chi connectivity index (χ1n) is 7.43. The summed E-state index contributed by atoms with van der Waals surface area (Å²) in [4.78, 5) is 23.4. The number of amides is 1. The molecule has 24 heavy (non-hydrogen) atoms. The Kier molecular flexibility index (Phi) is 9.32. The van der Waals surface area contributed by atoms with Crippen molar-refractivity contribution in [1.82, 2.24) is 5.32 Å². The highest BCUT2D eigenvalue weighted by molar-refractivity contribution is 5.91. The molecule has 1 amide bonds. The largest absolute Gasteiger partial charge is 0.459 e. The molecule has 136 valence electrons. The van der Waals surface area contributed by atoms with E-state index in [0.717, 1.165) is 0 Å². The number of hydrogen-bond donors (Lipinski definition) is 3. The van der Waals surface area contributed by atoms with Gasteiger partial charge in [0.25, 0.3) is 0 Å². The van der Waals surface area contributed by atoms with Gasteiger partial charge in [0, 0.05) is 5.92 Å². The summed E-state index contributed by atoms with van der Waals surface area (Å²) in [5.74, 6) is -1.98. The van der Waals surface area contributed by atoms with E-state index in [-0.39, 0.29) is 42.1 Å². The van der Waals surface area contributed by atoms with E-state index in [1.54, 1.807) is 20.8 Å². The van der Waals surface area contributed by atoms with Gasteiger partial charge in [-0.1, -0.05) is 19.9 Å². The second-order valence-corrected chi connectivity index (χ2v) is 5.64. The second kappa shape index (κ2) is 10.1. The molecule has 0 aromatic heterocycles. The van der Waals surface area contributed by atoms with Gasteiger partial charge >= 0.3 is 5.97 Å². The van der Waals surface area contributed by atoms with Crippen LogP contribution in [0.5, 0.6) is 0 Å². The third-order valence-electron chi connectivity index (χ3n) is 2.93. The Morgan fingerprint density at radius 2 is 1.88 bits per heavy atom. The Balaban J connectivity index is 0.00000529. The van der Waals surface area contributed by atoms with Crippen LogP contribution in [-0.4, -0.2) is 35.9 Å². The fraction of sp³-hybridized carbons (Fsp3) is 0.500. The zero-order valence-electron chi connectivity index (χ0n) is 14.1. The molecule has 0 bridgehead atoms. The van der Waals surface area contributed by atoms with Crippen LogP contribution in [0.3, 0.4) is 0 Å². The Morgan fingerprint density at radius 3 is 2.42 bits per heavy atom. The molecular weight excluding hydrogens is 339 g/mol. The minimum atomic E-state index is -0.856. The number of halogens is 2. The molecule has 8 heteroatoms. The fourth-order valence-electron chi connectivity index (χ4n) is 1.72. The van der Waals surface area contributed by atoms with Gasteiger partial charge in [0.05, 0.1) is 23.5 Å². The standard InChI is InChI=1S/C16H23FN2O4.ClH/c1-9(2)15(21)19-11(4)18-13-7-5-6-12(14(13)17)16(22)23-8-10(3)20;/h5-7,9-11,18,20H,8H2,1-4H3,(H,19,21);1H. The first-order chi connectivity index (χ1) is 10.7. The van der Waals surface area contributed by atoms with E-state index in [1.165, 1.54) is 25.1 Å². The van der Waals surface area contributed by atoms with Crippen LogP contribution in [0.4, 0.5) is 10.1 Å². The van der Waals surface area contributed by atoms with Crippen molar-refractivity contribution in [2.75, 3.05) is 11.9 Å². The molecule has 2 unspecified atom stereocenters. The molecule has 3 N–H and O–H groups in total. The van der Waals surface area contributed by atoms with Crippen molar-refractivity contribution in [2.45, 2.75) is 40.0 Å².